The molecule has 3 aliphatic heterocycles. The van der Waals surface area contributed by atoms with Crippen LogP contribution in [0.3, 0.4) is 0 Å². The molecular weight excluding hydrogens is 402 g/mol. The molecule has 2 bridgehead atoms. The largest absolute Gasteiger partial charge is 0.394 e. The van der Waals surface area contributed by atoms with Crippen LogP contribution in [0.5, 0.6) is 0 Å². The molecular formula is C22H37N3O4S. The zero-order valence-corrected chi connectivity index (χ0v) is 19.8. The fourth-order valence-electron chi connectivity index (χ4n) is 5.76. The van der Waals surface area contributed by atoms with E-state index in [1.807, 2.05) is 34.6 Å². The summed E-state index contributed by atoms with van der Waals surface area (Å²) in [5.74, 6) is -1.41. The van der Waals surface area contributed by atoms with Crippen molar-refractivity contribution in [3.8, 4) is 0 Å². The van der Waals surface area contributed by atoms with Gasteiger partial charge in [0.1, 0.15) is 6.04 Å². The average molecular weight is 440 g/mol. The van der Waals surface area contributed by atoms with Gasteiger partial charge in [0.05, 0.1) is 29.2 Å². The van der Waals surface area contributed by atoms with Gasteiger partial charge in [0, 0.05) is 17.3 Å². The first-order chi connectivity index (χ1) is 14.0. The van der Waals surface area contributed by atoms with Crippen LogP contribution in [-0.4, -0.2) is 68.5 Å². The summed E-state index contributed by atoms with van der Waals surface area (Å²) >= 11 is 1.67. The highest BCUT2D eigenvalue weighted by atomic mass is 32.2. The van der Waals surface area contributed by atoms with E-state index in [2.05, 4.69) is 17.6 Å². The highest BCUT2D eigenvalue weighted by molar-refractivity contribution is 8.02. The molecule has 3 saturated heterocycles. The molecule has 0 aromatic rings. The maximum atomic E-state index is 13.8. The zero-order chi connectivity index (χ0) is 22.4. The molecule has 3 heterocycles. The summed E-state index contributed by atoms with van der Waals surface area (Å²) in [7, 11) is 0. The van der Waals surface area contributed by atoms with Crippen LogP contribution in [0, 0.1) is 17.8 Å². The predicted molar refractivity (Wildman–Crippen MR) is 118 cm³/mol. The van der Waals surface area contributed by atoms with Crippen LogP contribution < -0.4 is 10.6 Å². The number of hydrogen-bond acceptors (Lipinski definition) is 5. The van der Waals surface area contributed by atoms with E-state index in [1.54, 1.807) is 16.7 Å². The number of nitrogens with one attached hydrogen (secondary N) is 2. The Kier molecular flexibility index (Phi) is 6.50. The molecule has 0 aromatic heterocycles. The number of carbonyl (C=O) groups is 3. The molecule has 30 heavy (non-hydrogen) atoms. The van der Waals surface area contributed by atoms with E-state index in [1.165, 1.54) is 0 Å². The van der Waals surface area contributed by atoms with E-state index in [9.17, 15) is 19.5 Å². The maximum absolute atomic E-state index is 13.8. The van der Waals surface area contributed by atoms with E-state index in [4.69, 9.17) is 0 Å². The monoisotopic (exact) mass is 439 g/mol. The van der Waals surface area contributed by atoms with Crippen molar-refractivity contribution < 1.29 is 19.5 Å². The lowest BCUT2D eigenvalue weighted by Crippen LogP contribution is -2.58. The lowest BCUT2D eigenvalue weighted by atomic mass is 9.66. The second kappa shape index (κ2) is 8.34. The second-order valence-corrected chi connectivity index (χ2v) is 11.8. The number of aliphatic hydroxyl groups excluding tert-OH is 1. The van der Waals surface area contributed by atoms with Crippen LogP contribution >= 0.6 is 11.8 Å². The molecule has 3 N–H and O–H groups in total. The molecule has 3 amide bonds. The number of likely N-dealkylation sites (tertiary alicyclic amines) is 1. The molecule has 3 aliphatic rings. The van der Waals surface area contributed by atoms with Gasteiger partial charge in [-0.15, -0.1) is 11.8 Å². The predicted octanol–water partition coefficient (Wildman–Crippen LogP) is 1.54. The van der Waals surface area contributed by atoms with Gasteiger partial charge in [-0.2, -0.15) is 0 Å². The first kappa shape index (κ1) is 23.4. The summed E-state index contributed by atoms with van der Waals surface area (Å²) in [6.45, 7) is 12.2. The van der Waals surface area contributed by atoms with Crippen molar-refractivity contribution in [2.45, 2.75) is 88.4 Å². The minimum Gasteiger partial charge on any atom is -0.394 e. The first-order valence-corrected chi connectivity index (χ1v) is 12.1. The number of thioether (sulfide) groups is 1. The zero-order valence-electron chi connectivity index (χ0n) is 19.0. The van der Waals surface area contributed by atoms with Gasteiger partial charge in [-0.25, -0.2) is 0 Å². The van der Waals surface area contributed by atoms with E-state index in [-0.39, 0.29) is 41.0 Å². The minimum absolute atomic E-state index is 0.00585. The third-order valence-corrected chi connectivity index (χ3v) is 9.03. The summed E-state index contributed by atoms with van der Waals surface area (Å²) in [6, 6.07) is -1.18. The van der Waals surface area contributed by atoms with Crippen molar-refractivity contribution in [2.75, 3.05) is 13.2 Å². The summed E-state index contributed by atoms with van der Waals surface area (Å²) in [6.07, 6.45) is 2.36. The Morgan fingerprint density at radius 1 is 1.23 bits per heavy atom. The van der Waals surface area contributed by atoms with E-state index in [0.29, 0.717) is 6.54 Å². The average Bonchev–Trinajstić information content (AvgIpc) is 3.21. The van der Waals surface area contributed by atoms with Gasteiger partial charge in [-0.3, -0.25) is 14.4 Å². The van der Waals surface area contributed by atoms with Gasteiger partial charge in [0.15, 0.2) is 0 Å². The lowest BCUT2D eigenvalue weighted by molar-refractivity contribution is -0.144. The SMILES string of the molecule is CCCNC(=O)[C@H]1[C@H]2C(=O)N([C@@H](CO)C(C)C)C(C(=O)NC(C)C)C23CC[C@]1(C)S3. The molecule has 6 atom stereocenters. The molecule has 0 aromatic carbocycles. The van der Waals surface area contributed by atoms with Gasteiger partial charge in [-0.1, -0.05) is 20.8 Å². The highest BCUT2D eigenvalue weighted by Gasteiger charge is 2.77. The molecule has 2 unspecified atom stereocenters. The van der Waals surface area contributed by atoms with Crippen molar-refractivity contribution >= 4 is 29.5 Å². The molecule has 0 saturated carbocycles. The molecule has 8 heteroatoms. The standard InChI is InChI=1S/C22H37N3O4S/c1-7-10-23-18(27)15-16-20(29)25(14(11-26)12(2)3)17(19(28)24-13(4)5)22(16)9-8-21(15,6)30-22/h12-17,26H,7-11H2,1-6H3,(H,23,27)(H,24,28)/t14-,15+,16-,17?,21-,22?/m0/s1. The number of fused-ring (bicyclic) bond motifs is 1. The number of aliphatic hydroxyl groups is 1. The van der Waals surface area contributed by atoms with Crippen molar-refractivity contribution in [3.05, 3.63) is 0 Å². The van der Waals surface area contributed by atoms with Crippen LogP contribution in [0.15, 0.2) is 0 Å². The molecule has 170 valence electrons. The molecule has 0 aliphatic carbocycles. The van der Waals surface area contributed by atoms with E-state index < -0.39 is 28.7 Å². The molecule has 3 rings (SSSR count). The third kappa shape index (κ3) is 3.44. The summed E-state index contributed by atoms with van der Waals surface area (Å²) in [5.41, 5.74) is 0. The number of rotatable bonds is 8. The number of amides is 3. The second-order valence-electron chi connectivity index (χ2n) is 9.92. The van der Waals surface area contributed by atoms with Gasteiger partial charge in [0.25, 0.3) is 0 Å². The van der Waals surface area contributed by atoms with E-state index in [0.717, 1.165) is 19.3 Å². The fourth-order valence-corrected chi connectivity index (χ4v) is 8.11. The molecule has 0 radical (unpaired) electrons. The minimum atomic E-state index is -0.673. The van der Waals surface area contributed by atoms with Crippen molar-refractivity contribution in [1.29, 1.82) is 0 Å². The van der Waals surface area contributed by atoms with Crippen molar-refractivity contribution in [3.63, 3.8) is 0 Å². The number of hydrogen-bond donors (Lipinski definition) is 3. The highest BCUT2D eigenvalue weighted by Crippen LogP contribution is 2.71. The Labute approximate surface area is 184 Å². The van der Waals surface area contributed by atoms with Crippen LogP contribution in [0.1, 0.15) is 60.8 Å². The maximum Gasteiger partial charge on any atom is 0.244 e. The van der Waals surface area contributed by atoms with Crippen molar-refractivity contribution in [1.82, 2.24) is 15.5 Å². The first-order valence-electron chi connectivity index (χ1n) is 11.2. The van der Waals surface area contributed by atoms with Gasteiger partial charge >= 0.3 is 0 Å². The Morgan fingerprint density at radius 2 is 1.90 bits per heavy atom. The Hall–Kier alpha value is -1.28. The van der Waals surface area contributed by atoms with E-state index >= 15 is 0 Å². The summed E-state index contributed by atoms with van der Waals surface area (Å²) in [5, 5.41) is 16.1. The Bertz CT molecular complexity index is 714. The number of nitrogens with zero attached hydrogens (tertiary/aromatic N) is 1. The molecule has 3 fully saturated rings. The van der Waals surface area contributed by atoms with Crippen LogP contribution in [0.4, 0.5) is 0 Å². The van der Waals surface area contributed by atoms with Gasteiger partial charge in [0.2, 0.25) is 17.7 Å². The fraction of sp³-hybridized carbons (Fsp3) is 0.864. The van der Waals surface area contributed by atoms with Gasteiger partial charge < -0.3 is 20.6 Å². The Balaban J connectivity index is 2.08. The smallest absolute Gasteiger partial charge is 0.244 e. The van der Waals surface area contributed by atoms with Crippen LogP contribution in [0.25, 0.3) is 0 Å². The van der Waals surface area contributed by atoms with Gasteiger partial charge in [-0.05, 0) is 46.0 Å². The van der Waals surface area contributed by atoms with Crippen molar-refractivity contribution in [2.24, 2.45) is 17.8 Å². The summed E-state index contributed by atoms with van der Waals surface area (Å²) in [4.78, 5) is 42.1. The molecule has 1 spiro atoms. The summed E-state index contributed by atoms with van der Waals surface area (Å²) < 4.78 is -0.978. The molecule has 7 nitrogen and oxygen atoms in total. The quantitative estimate of drug-likeness (QED) is 0.533. The number of carbonyl (C=O) groups excluding carboxylic acids is 3. The topological polar surface area (TPSA) is 98.7 Å². The Morgan fingerprint density at radius 3 is 2.43 bits per heavy atom. The van der Waals surface area contributed by atoms with Crippen LogP contribution in [0.2, 0.25) is 0 Å². The third-order valence-electron chi connectivity index (χ3n) is 7.04. The lowest BCUT2D eigenvalue weighted by Gasteiger charge is -2.38. The normalized spacial score (nSPS) is 35.8. The van der Waals surface area contributed by atoms with Crippen LogP contribution in [-0.2, 0) is 14.4 Å².